The highest BCUT2D eigenvalue weighted by molar-refractivity contribution is 7.90. The Morgan fingerprint density at radius 3 is 2.32 bits per heavy atom. The lowest BCUT2D eigenvalue weighted by Gasteiger charge is -2.33. The van der Waals surface area contributed by atoms with E-state index in [0.717, 1.165) is 6.42 Å². The van der Waals surface area contributed by atoms with E-state index in [2.05, 4.69) is 5.32 Å². The second-order valence-corrected chi connectivity index (χ2v) is 8.89. The van der Waals surface area contributed by atoms with Crippen LogP contribution in [-0.4, -0.2) is 39.3 Å². The molecule has 0 aliphatic carbocycles. The first kappa shape index (κ1) is 21.4. The summed E-state index contributed by atoms with van der Waals surface area (Å²) in [7, 11) is -3.19. The topological polar surface area (TPSA) is 98.5 Å². The van der Waals surface area contributed by atoms with Crippen LogP contribution >= 0.6 is 0 Å². The highest BCUT2D eigenvalue weighted by Crippen LogP contribution is 2.17. The number of amides is 1. The Kier molecular flexibility index (Phi) is 7.89. The minimum absolute atomic E-state index is 0.000782. The lowest BCUT2D eigenvalue weighted by atomic mass is 9.88. The molecule has 0 radical (unpaired) electrons. The summed E-state index contributed by atoms with van der Waals surface area (Å²) in [6.45, 7) is 6.91. The number of hydrogen-bond donors (Lipinski definition) is 2. The van der Waals surface area contributed by atoms with Crippen LogP contribution in [0.1, 0.15) is 40.0 Å². The van der Waals surface area contributed by atoms with Gasteiger partial charge >= 0.3 is 0 Å². The number of sulfone groups is 1. The van der Waals surface area contributed by atoms with Crippen molar-refractivity contribution in [2.75, 3.05) is 19.4 Å². The molecule has 1 amide bonds. The number of hydrogen-bond acceptors (Lipinski definition) is 5. The molecule has 0 bridgehead atoms. The number of nitrogens with two attached hydrogens (primary N) is 1. The standard InChI is InChI=1S/C18H30N2O4S/c1-14(2)18(3,13-19)20-17(21)7-5-6-12-24-15-8-10-16(11-9-15)25(4,22)23/h8-11,14H,5-7,12-13,19H2,1-4H3,(H,20,21). The summed E-state index contributed by atoms with van der Waals surface area (Å²) in [6, 6.07) is 6.33. The number of unbranched alkanes of at least 4 members (excludes halogenated alkanes) is 1. The third kappa shape index (κ3) is 7.04. The summed E-state index contributed by atoms with van der Waals surface area (Å²) in [4.78, 5) is 12.3. The van der Waals surface area contributed by atoms with Crippen LogP contribution in [0.3, 0.4) is 0 Å². The molecule has 1 aromatic rings. The van der Waals surface area contributed by atoms with Gasteiger partial charge in [-0.25, -0.2) is 8.42 Å². The van der Waals surface area contributed by atoms with Crippen LogP contribution in [0.4, 0.5) is 0 Å². The monoisotopic (exact) mass is 370 g/mol. The van der Waals surface area contributed by atoms with Crippen LogP contribution in [0.15, 0.2) is 29.2 Å². The van der Waals surface area contributed by atoms with E-state index >= 15 is 0 Å². The minimum atomic E-state index is -3.19. The molecule has 0 saturated carbocycles. The van der Waals surface area contributed by atoms with Gasteiger partial charge in [0.15, 0.2) is 9.84 Å². The second kappa shape index (κ2) is 9.20. The van der Waals surface area contributed by atoms with Gasteiger partial charge in [0.25, 0.3) is 0 Å². The van der Waals surface area contributed by atoms with E-state index in [9.17, 15) is 13.2 Å². The third-order valence-electron chi connectivity index (χ3n) is 4.44. The van der Waals surface area contributed by atoms with Crippen molar-refractivity contribution in [1.82, 2.24) is 5.32 Å². The van der Waals surface area contributed by atoms with Crippen molar-refractivity contribution in [1.29, 1.82) is 0 Å². The van der Waals surface area contributed by atoms with Crippen LogP contribution in [-0.2, 0) is 14.6 Å². The largest absolute Gasteiger partial charge is 0.494 e. The zero-order chi connectivity index (χ0) is 19.1. The minimum Gasteiger partial charge on any atom is -0.494 e. The molecule has 0 aromatic heterocycles. The van der Waals surface area contributed by atoms with Gasteiger partial charge in [0.1, 0.15) is 5.75 Å². The lowest BCUT2D eigenvalue weighted by Crippen LogP contribution is -2.54. The molecule has 6 nitrogen and oxygen atoms in total. The van der Waals surface area contributed by atoms with Crippen LogP contribution in [0.25, 0.3) is 0 Å². The molecule has 0 aliphatic heterocycles. The first-order valence-electron chi connectivity index (χ1n) is 8.52. The quantitative estimate of drug-likeness (QED) is 0.615. The molecule has 1 aromatic carbocycles. The van der Waals surface area contributed by atoms with Gasteiger partial charge < -0.3 is 15.8 Å². The van der Waals surface area contributed by atoms with E-state index < -0.39 is 9.84 Å². The normalized spacial score (nSPS) is 14.2. The molecule has 25 heavy (non-hydrogen) atoms. The van der Waals surface area contributed by atoms with Crippen LogP contribution < -0.4 is 15.8 Å². The molecule has 7 heteroatoms. The van der Waals surface area contributed by atoms with E-state index in [4.69, 9.17) is 10.5 Å². The first-order valence-corrected chi connectivity index (χ1v) is 10.4. The summed E-state index contributed by atoms with van der Waals surface area (Å²) in [6.07, 6.45) is 3.05. The molecule has 1 rings (SSSR count). The Labute approximate surface area is 151 Å². The van der Waals surface area contributed by atoms with Gasteiger partial charge in [-0.1, -0.05) is 13.8 Å². The van der Waals surface area contributed by atoms with Crippen LogP contribution in [0.2, 0.25) is 0 Å². The van der Waals surface area contributed by atoms with E-state index in [0.29, 0.717) is 31.7 Å². The predicted octanol–water partition coefficient (Wildman–Crippen LogP) is 2.13. The smallest absolute Gasteiger partial charge is 0.220 e. The summed E-state index contributed by atoms with van der Waals surface area (Å²) in [5.41, 5.74) is 5.38. The molecular formula is C18H30N2O4S. The molecule has 0 saturated heterocycles. The Bertz CT molecular complexity index is 656. The van der Waals surface area contributed by atoms with Gasteiger partial charge in [0, 0.05) is 19.2 Å². The van der Waals surface area contributed by atoms with Crippen molar-refractivity contribution < 1.29 is 17.9 Å². The molecule has 0 heterocycles. The zero-order valence-corrected chi connectivity index (χ0v) is 16.4. The lowest BCUT2D eigenvalue weighted by molar-refractivity contribution is -0.123. The predicted molar refractivity (Wildman–Crippen MR) is 99.3 cm³/mol. The van der Waals surface area contributed by atoms with Crippen molar-refractivity contribution >= 4 is 15.7 Å². The second-order valence-electron chi connectivity index (χ2n) is 6.87. The highest BCUT2D eigenvalue weighted by atomic mass is 32.2. The average molecular weight is 371 g/mol. The van der Waals surface area contributed by atoms with Gasteiger partial charge in [0.05, 0.1) is 17.0 Å². The Morgan fingerprint density at radius 1 is 1.24 bits per heavy atom. The Balaban J connectivity index is 2.31. The molecule has 0 aliphatic rings. The zero-order valence-electron chi connectivity index (χ0n) is 15.5. The molecule has 0 spiro atoms. The van der Waals surface area contributed by atoms with Crippen molar-refractivity contribution in [3.05, 3.63) is 24.3 Å². The number of ether oxygens (including phenoxy) is 1. The average Bonchev–Trinajstić information content (AvgIpc) is 2.53. The maximum absolute atomic E-state index is 12.0. The molecule has 3 N–H and O–H groups in total. The first-order chi connectivity index (χ1) is 11.6. The number of carbonyl (C=O) groups is 1. The fourth-order valence-corrected chi connectivity index (χ4v) is 2.80. The summed E-state index contributed by atoms with van der Waals surface area (Å²) >= 11 is 0. The highest BCUT2D eigenvalue weighted by Gasteiger charge is 2.28. The summed E-state index contributed by atoms with van der Waals surface area (Å²) in [5, 5.41) is 3.01. The van der Waals surface area contributed by atoms with Crippen molar-refractivity contribution in [2.45, 2.75) is 50.5 Å². The van der Waals surface area contributed by atoms with Gasteiger partial charge in [0.2, 0.25) is 5.91 Å². The number of benzene rings is 1. The fourth-order valence-electron chi connectivity index (χ4n) is 2.17. The fraction of sp³-hybridized carbons (Fsp3) is 0.611. The van der Waals surface area contributed by atoms with E-state index in [1.165, 1.54) is 18.4 Å². The third-order valence-corrected chi connectivity index (χ3v) is 5.57. The Morgan fingerprint density at radius 2 is 1.84 bits per heavy atom. The van der Waals surface area contributed by atoms with Gasteiger partial charge in [-0.05, 0) is 49.9 Å². The van der Waals surface area contributed by atoms with Gasteiger partial charge in [-0.2, -0.15) is 0 Å². The Hall–Kier alpha value is -1.60. The number of carbonyl (C=O) groups excluding carboxylic acids is 1. The van der Waals surface area contributed by atoms with Crippen molar-refractivity contribution in [3.63, 3.8) is 0 Å². The SMILES string of the molecule is CC(C)C(C)(CN)NC(=O)CCCCOc1ccc(S(C)(=O)=O)cc1. The van der Waals surface area contributed by atoms with E-state index in [1.54, 1.807) is 12.1 Å². The molecule has 0 fully saturated rings. The summed E-state index contributed by atoms with van der Waals surface area (Å²) in [5.74, 6) is 0.881. The summed E-state index contributed by atoms with van der Waals surface area (Å²) < 4.78 is 28.3. The van der Waals surface area contributed by atoms with Crippen LogP contribution in [0, 0.1) is 5.92 Å². The number of nitrogens with one attached hydrogen (secondary N) is 1. The molecule has 142 valence electrons. The van der Waals surface area contributed by atoms with E-state index in [-0.39, 0.29) is 22.3 Å². The van der Waals surface area contributed by atoms with Gasteiger partial charge in [-0.3, -0.25) is 4.79 Å². The molecule has 1 unspecified atom stereocenters. The van der Waals surface area contributed by atoms with Crippen molar-refractivity contribution in [3.8, 4) is 5.75 Å². The molecule has 1 atom stereocenters. The van der Waals surface area contributed by atoms with Crippen molar-refractivity contribution in [2.24, 2.45) is 11.7 Å². The van der Waals surface area contributed by atoms with Gasteiger partial charge in [-0.15, -0.1) is 0 Å². The van der Waals surface area contributed by atoms with Crippen LogP contribution in [0.5, 0.6) is 5.75 Å². The van der Waals surface area contributed by atoms with E-state index in [1.807, 2.05) is 20.8 Å². The molecular weight excluding hydrogens is 340 g/mol. The maximum atomic E-state index is 12.0. The number of rotatable bonds is 10. The maximum Gasteiger partial charge on any atom is 0.220 e.